The Morgan fingerprint density at radius 2 is 1.95 bits per heavy atom. The number of amides is 1. The summed E-state index contributed by atoms with van der Waals surface area (Å²) in [6, 6.07) is 2.25. The predicted octanol–water partition coefficient (Wildman–Crippen LogP) is 3.15. The van der Waals surface area contributed by atoms with Gasteiger partial charge in [0.15, 0.2) is 11.6 Å². The number of halogens is 3. The van der Waals surface area contributed by atoms with Crippen LogP contribution in [0.15, 0.2) is 16.6 Å². The summed E-state index contributed by atoms with van der Waals surface area (Å²) in [5.74, 6) is -1.73. The number of benzene rings is 1. The van der Waals surface area contributed by atoms with Gasteiger partial charge in [0.25, 0.3) is 0 Å². The highest BCUT2D eigenvalue weighted by Gasteiger charge is 2.17. The first-order valence-electron chi connectivity index (χ1n) is 6.33. The molecule has 0 spiro atoms. The summed E-state index contributed by atoms with van der Waals surface area (Å²) in [5.41, 5.74) is -0.385. The van der Waals surface area contributed by atoms with E-state index in [2.05, 4.69) is 26.6 Å². The van der Waals surface area contributed by atoms with E-state index >= 15 is 0 Å². The zero-order chi connectivity index (χ0) is 14.5. The van der Waals surface area contributed by atoms with Crippen LogP contribution >= 0.6 is 27.7 Å². The second kappa shape index (κ2) is 7.38. The van der Waals surface area contributed by atoms with Crippen molar-refractivity contribution in [1.82, 2.24) is 5.32 Å². The highest BCUT2D eigenvalue weighted by molar-refractivity contribution is 9.10. The van der Waals surface area contributed by atoms with Gasteiger partial charge < -0.3 is 10.6 Å². The molecule has 110 valence electrons. The molecule has 2 rings (SSSR count). The van der Waals surface area contributed by atoms with Crippen LogP contribution in [-0.4, -0.2) is 30.0 Å². The van der Waals surface area contributed by atoms with Crippen LogP contribution in [0.1, 0.15) is 12.8 Å². The maximum Gasteiger partial charge on any atom is 0.234 e. The van der Waals surface area contributed by atoms with Crippen molar-refractivity contribution in [1.29, 1.82) is 0 Å². The number of rotatable bonds is 4. The lowest BCUT2D eigenvalue weighted by Gasteiger charge is -2.21. The van der Waals surface area contributed by atoms with E-state index < -0.39 is 11.6 Å². The molecule has 1 saturated heterocycles. The molecule has 1 fully saturated rings. The van der Waals surface area contributed by atoms with Gasteiger partial charge in [-0.15, -0.1) is 11.8 Å². The van der Waals surface area contributed by atoms with E-state index in [0.29, 0.717) is 9.72 Å². The highest BCUT2D eigenvalue weighted by Crippen LogP contribution is 2.25. The van der Waals surface area contributed by atoms with Crippen molar-refractivity contribution in [3.63, 3.8) is 0 Å². The maximum atomic E-state index is 13.6. The second-order valence-corrected chi connectivity index (χ2v) is 6.76. The van der Waals surface area contributed by atoms with E-state index in [4.69, 9.17) is 0 Å². The summed E-state index contributed by atoms with van der Waals surface area (Å²) in [4.78, 5) is 11.8. The van der Waals surface area contributed by atoms with Gasteiger partial charge in [-0.2, -0.15) is 0 Å². The third kappa shape index (κ3) is 4.43. The minimum absolute atomic E-state index is 0.208. The Bertz CT molecular complexity index is 472. The lowest BCUT2D eigenvalue weighted by atomic mass is 10.2. The zero-order valence-corrected chi connectivity index (χ0v) is 13.1. The zero-order valence-electron chi connectivity index (χ0n) is 10.7. The molecule has 20 heavy (non-hydrogen) atoms. The molecule has 7 heteroatoms. The van der Waals surface area contributed by atoms with E-state index in [1.165, 1.54) is 11.8 Å². The summed E-state index contributed by atoms with van der Waals surface area (Å²) in [5, 5.41) is 5.98. The lowest BCUT2D eigenvalue weighted by Crippen LogP contribution is -2.30. The van der Waals surface area contributed by atoms with E-state index in [9.17, 15) is 13.6 Å². The monoisotopic (exact) mass is 364 g/mol. The topological polar surface area (TPSA) is 41.1 Å². The third-order valence-electron chi connectivity index (χ3n) is 3.01. The fourth-order valence-corrected chi connectivity index (χ4v) is 3.42. The molecule has 1 aromatic rings. The molecular formula is C13H15BrF2N2OS. The maximum absolute atomic E-state index is 13.6. The number of nitrogens with one attached hydrogen (secondary N) is 2. The number of thioether (sulfide) groups is 1. The lowest BCUT2D eigenvalue weighted by molar-refractivity contribution is -0.113. The number of hydrogen-bond acceptors (Lipinski definition) is 3. The third-order valence-corrected chi connectivity index (χ3v) is 4.84. The van der Waals surface area contributed by atoms with E-state index in [1.807, 2.05) is 0 Å². The molecule has 0 atom stereocenters. The standard InChI is InChI=1S/C13H15BrF2N2OS/c14-8-5-10(15)13(11(16)6-8)18-12(19)7-20-9-1-3-17-4-2-9/h5-6,9,17H,1-4,7H2,(H,18,19). The van der Waals surface area contributed by atoms with Crippen molar-refractivity contribution in [2.45, 2.75) is 18.1 Å². The molecule has 1 aliphatic rings. The van der Waals surface area contributed by atoms with Gasteiger partial charge in [0, 0.05) is 9.72 Å². The van der Waals surface area contributed by atoms with Crippen LogP contribution in [0.5, 0.6) is 0 Å². The number of hydrogen-bond donors (Lipinski definition) is 2. The molecule has 0 aromatic heterocycles. The SMILES string of the molecule is O=C(CSC1CCNCC1)Nc1c(F)cc(Br)cc1F. The van der Waals surface area contributed by atoms with Crippen LogP contribution in [0.25, 0.3) is 0 Å². The Labute approximate surface area is 129 Å². The fourth-order valence-electron chi connectivity index (χ4n) is 1.99. The molecule has 1 amide bonds. The Morgan fingerprint density at radius 3 is 2.55 bits per heavy atom. The van der Waals surface area contributed by atoms with Crippen molar-refractivity contribution < 1.29 is 13.6 Å². The van der Waals surface area contributed by atoms with Gasteiger partial charge in [-0.3, -0.25) is 4.79 Å². The summed E-state index contributed by atoms with van der Waals surface area (Å²) >= 11 is 4.53. The van der Waals surface area contributed by atoms with Crippen LogP contribution in [0.3, 0.4) is 0 Å². The van der Waals surface area contributed by atoms with Crippen LogP contribution in [0.4, 0.5) is 14.5 Å². The van der Waals surface area contributed by atoms with Gasteiger partial charge in [0.05, 0.1) is 5.75 Å². The molecule has 2 N–H and O–H groups in total. The molecule has 1 heterocycles. The average Bonchev–Trinajstić information content (AvgIpc) is 2.42. The van der Waals surface area contributed by atoms with Gasteiger partial charge in [0.1, 0.15) is 5.69 Å². The van der Waals surface area contributed by atoms with Crippen molar-refractivity contribution in [2.24, 2.45) is 0 Å². The summed E-state index contributed by atoms with van der Waals surface area (Å²) < 4.78 is 27.4. The van der Waals surface area contributed by atoms with Crippen LogP contribution in [0, 0.1) is 11.6 Å². The molecule has 3 nitrogen and oxygen atoms in total. The molecule has 0 unspecified atom stereocenters. The predicted molar refractivity (Wildman–Crippen MR) is 81.0 cm³/mol. The largest absolute Gasteiger partial charge is 0.320 e. The number of anilines is 1. The summed E-state index contributed by atoms with van der Waals surface area (Å²) in [6.45, 7) is 1.91. The quantitative estimate of drug-likeness (QED) is 0.862. The number of carbonyl (C=O) groups excluding carboxylic acids is 1. The van der Waals surface area contributed by atoms with Crippen molar-refractivity contribution in [3.05, 3.63) is 28.2 Å². The van der Waals surface area contributed by atoms with E-state index in [1.54, 1.807) is 0 Å². The molecule has 1 aromatic carbocycles. The van der Waals surface area contributed by atoms with Crippen molar-refractivity contribution >= 4 is 39.3 Å². The smallest absolute Gasteiger partial charge is 0.234 e. The van der Waals surface area contributed by atoms with E-state index in [-0.39, 0.29) is 17.3 Å². The highest BCUT2D eigenvalue weighted by atomic mass is 79.9. The normalized spacial score (nSPS) is 16.1. The minimum atomic E-state index is -0.780. The summed E-state index contributed by atoms with van der Waals surface area (Å²) in [7, 11) is 0. The molecule has 0 bridgehead atoms. The molecule has 0 saturated carbocycles. The minimum Gasteiger partial charge on any atom is -0.320 e. The fraction of sp³-hybridized carbons (Fsp3) is 0.462. The van der Waals surface area contributed by atoms with Crippen molar-refractivity contribution in [3.8, 4) is 0 Å². The Kier molecular flexibility index (Phi) is 5.80. The number of carbonyl (C=O) groups is 1. The van der Waals surface area contributed by atoms with Crippen molar-refractivity contribution in [2.75, 3.05) is 24.2 Å². The molecule has 0 radical (unpaired) electrons. The Morgan fingerprint density at radius 1 is 1.35 bits per heavy atom. The number of piperidine rings is 1. The van der Waals surface area contributed by atoms with Crippen LogP contribution < -0.4 is 10.6 Å². The summed E-state index contributed by atoms with van der Waals surface area (Å²) in [6.07, 6.45) is 2.03. The Hall–Kier alpha value is -0.660. The van der Waals surface area contributed by atoms with Gasteiger partial charge in [-0.05, 0) is 38.1 Å². The van der Waals surface area contributed by atoms with Crippen LogP contribution in [0.2, 0.25) is 0 Å². The molecular weight excluding hydrogens is 350 g/mol. The van der Waals surface area contributed by atoms with Gasteiger partial charge >= 0.3 is 0 Å². The first kappa shape index (κ1) is 15.7. The second-order valence-electron chi connectivity index (χ2n) is 4.55. The van der Waals surface area contributed by atoms with Crippen LogP contribution in [-0.2, 0) is 4.79 Å². The van der Waals surface area contributed by atoms with E-state index in [0.717, 1.165) is 38.1 Å². The molecule has 1 aliphatic heterocycles. The Balaban J connectivity index is 1.88. The molecule has 0 aliphatic carbocycles. The first-order chi connectivity index (χ1) is 9.56. The van der Waals surface area contributed by atoms with Gasteiger partial charge in [0.2, 0.25) is 5.91 Å². The first-order valence-corrected chi connectivity index (χ1v) is 8.17. The van der Waals surface area contributed by atoms with Gasteiger partial charge in [-0.1, -0.05) is 15.9 Å². The van der Waals surface area contributed by atoms with Gasteiger partial charge in [-0.25, -0.2) is 8.78 Å². The average molecular weight is 365 g/mol.